The maximum absolute atomic E-state index is 9.44. The van der Waals surface area contributed by atoms with Gasteiger partial charge >= 0.3 is 0 Å². The van der Waals surface area contributed by atoms with Gasteiger partial charge in [-0.15, -0.1) is 6.58 Å². The molecule has 0 amide bonds. The molecule has 0 N–H and O–H groups in total. The fourth-order valence-electron chi connectivity index (χ4n) is 2.09. The molecule has 1 aromatic rings. The van der Waals surface area contributed by atoms with Gasteiger partial charge in [0, 0.05) is 0 Å². The third kappa shape index (κ3) is 3.46. The molecule has 0 spiro atoms. The van der Waals surface area contributed by atoms with Crippen LogP contribution in [0.25, 0.3) is 0 Å². The predicted octanol–water partition coefficient (Wildman–Crippen LogP) is 4.68. The first-order valence-corrected chi connectivity index (χ1v) is 6.21. The maximum Gasteiger partial charge on any atom is 0.0693 e. The number of nitrogens with zero attached hydrogens (tertiary/aromatic N) is 1. The minimum atomic E-state index is -0.287. The Morgan fingerprint density at radius 3 is 2.59 bits per heavy atom. The van der Waals surface area contributed by atoms with E-state index in [0.29, 0.717) is 0 Å². The summed E-state index contributed by atoms with van der Waals surface area (Å²) < 4.78 is 0. The van der Waals surface area contributed by atoms with Gasteiger partial charge in [0.05, 0.1) is 11.5 Å². The zero-order valence-electron chi connectivity index (χ0n) is 10.8. The Morgan fingerprint density at radius 2 is 2.06 bits per heavy atom. The average Bonchev–Trinajstić information content (AvgIpc) is 2.39. The van der Waals surface area contributed by atoms with E-state index in [0.717, 1.165) is 19.3 Å². The fourth-order valence-corrected chi connectivity index (χ4v) is 2.09. The van der Waals surface area contributed by atoms with E-state index < -0.39 is 0 Å². The number of hydrogen-bond donors (Lipinski definition) is 0. The topological polar surface area (TPSA) is 23.8 Å². The molecule has 0 bridgehead atoms. The molecule has 0 aliphatic carbocycles. The Kier molecular flexibility index (Phi) is 4.97. The number of nitriles is 1. The van der Waals surface area contributed by atoms with E-state index in [-0.39, 0.29) is 11.3 Å². The van der Waals surface area contributed by atoms with Gasteiger partial charge in [-0.05, 0) is 37.7 Å². The van der Waals surface area contributed by atoms with Crippen LogP contribution >= 0.6 is 0 Å². The van der Waals surface area contributed by atoms with E-state index in [9.17, 15) is 5.26 Å². The summed E-state index contributed by atoms with van der Waals surface area (Å²) in [6.45, 7) is 7.93. The molecule has 2 atom stereocenters. The van der Waals surface area contributed by atoms with Crippen LogP contribution in [0.4, 0.5) is 0 Å². The molecule has 0 fully saturated rings. The van der Waals surface area contributed by atoms with E-state index >= 15 is 0 Å². The van der Waals surface area contributed by atoms with Crippen LogP contribution in [0.1, 0.15) is 44.6 Å². The molecule has 1 rings (SSSR count). The minimum Gasteiger partial charge on any atom is -0.198 e. The van der Waals surface area contributed by atoms with Gasteiger partial charge in [-0.1, -0.05) is 43.3 Å². The summed E-state index contributed by atoms with van der Waals surface area (Å²) in [4.78, 5) is 0. The van der Waals surface area contributed by atoms with Crippen LogP contribution in [0.2, 0.25) is 0 Å². The lowest BCUT2D eigenvalue weighted by Crippen LogP contribution is -2.21. The first-order valence-electron chi connectivity index (χ1n) is 6.21. The molecule has 1 heteroatoms. The van der Waals surface area contributed by atoms with Crippen molar-refractivity contribution in [3.63, 3.8) is 0 Å². The van der Waals surface area contributed by atoms with Crippen LogP contribution in [0, 0.1) is 16.7 Å². The second-order valence-corrected chi connectivity index (χ2v) is 4.84. The van der Waals surface area contributed by atoms with Crippen LogP contribution < -0.4 is 0 Å². The van der Waals surface area contributed by atoms with Gasteiger partial charge < -0.3 is 0 Å². The van der Waals surface area contributed by atoms with Gasteiger partial charge in [0.25, 0.3) is 0 Å². The summed E-state index contributed by atoms with van der Waals surface area (Å²) >= 11 is 0. The van der Waals surface area contributed by atoms with E-state index in [1.165, 1.54) is 5.56 Å². The van der Waals surface area contributed by atoms with E-state index in [4.69, 9.17) is 0 Å². The van der Waals surface area contributed by atoms with Crippen LogP contribution in [0.3, 0.4) is 0 Å². The summed E-state index contributed by atoms with van der Waals surface area (Å²) in [5.74, 6) is 0.263. The number of rotatable bonds is 6. The highest BCUT2D eigenvalue weighted by Crippen LogP contribution is 2.39. The zero-order valence-corrected chi connectivity index (χ0v) is 10.8. The van der Waals surface area contributed by atoms with Crippen molar-refractivity contribution in [2.24, 2.45) is 5.41 Å². The zero-order chi connectivity index (χ0) is 12.7. The summed E-state index contributed by atoms with van der Waals surface area (Å²) in [5.41, 5.74) is 0.958. The standard InChI is InChI=1S/C16H21N/c1-4-5-9-12-16(3,13-17)14(2)15-10-7-6-8-11-15/h4,6-8,10-11,14H,1,5,9,12H2,2-3H3/t14-,16+/m0/s1. The lowest BCUT2D eigenvalue weighted by atomic mass is 9.72. The van der Waals surface area contributed by atoms with Crippen molar-refractivity contribution in [1.29, 1.82) is 5.26 Å². The van der Waals surface area contributed by atoms with Crippen LogP contribution in [-0.2, 0) is 0 Å². The van der Waals surface area contributed by atoms with Crippen LogP contribution in [0.15, 0.2) is 43.0 Å². The molecule has 1 aromatic carbocycles. The Balaban J connectivity index is 2.79. The molecule has 0 unspecified atom stereocenters. The molecule has 1 nitrogen and oxygen atoms in total. The van der Waals surface area contributed by atoms with E-state index in [1.54, 1.807) is 0 Å². The van der Waals surface area contributed by atoms with Gasteiger partial charge in [0.2, 0.25) is 0 Å². The van der Waals surface area contributed by atoms with Gasteiger partial charge in [-0.25, -0.2) is 0 Å². The monoisotopic (exact) mass is 227 g/mol. The average molecular weight is 227 g/mol. The SMILES string of the molecule is C=CCCC[C@](C)(C#N)[C@@H](C)c1ccccc1. The molecular formula is C16H21N. The van der Waals surface area contributed by atoms with Crippen molar-refractivity contribution in [3.05, 3.63) is 48.6 Å². The predicted molar refractivity (Wildman–Crippen MR) is 72.6 cm³/mol. The number of unbranched alkanes of at least 4 members (excludes halogenated alkanes) is 1. The smallest absolute Gasteiger partial charge is 0.0693 e. The van der Waals surface area contributed by atoms with Crippen molar-refractivity contribution in [2.45, 2.75) is 39.0 Å². The third-order valence-corrected chi connectivity index (χ3v) is 3.62. The highest BCUT2D eigenvalue weighted by molar-refractivity contribution is 5.24. The largest absolute Gasteiger partial charge is 0.198 e. The lowest BCUT2D eigenvalue weighted by molar-refractivity contribution is 0.330. The number of allylic oxidation sites excluding steroid dienone is 1. The van der Waals surface area contributed by atoms with Crippen LogP contribution in [-0.4, -0.2) is 0 Å². The molecule has 0 heterocycles. The summed E-state index contributed by atoms with van der Waals surface area (Å²) in [6, 6.07) is 12.8. The molecule has 0 saturated carbocycles. The Bertz CT molecular complexity index is 388. The minimum absolute atomic E-state index is 0.263. The van der Waals surface area contributed by atoms with Crippen molar-refractivity contribution >= 4 is 0 Å². The molecule has 90 valence electrons. The van der Waals surface area contributed by atoms with Gasteiger partial charge in [0.15, 0.2) is 0 Å². The van der Waals surface area contributed by atoms with Gasteiger partial charge in [-0.2, -0.15) is 5.26 Å². The van der Waals surface area contributed by atoms with E-state index in [1.807, 2.05) is 24.3 Å². The van der Waals surface area contributed by atoms with E-state index in [2.05, 4.69) is 38.6 Å². The Morgan fingerprint density at radius 1 is 1.41 bits per heavy atom. The third-order valence-electron chi connectivity index (χ3n) is 3.62. The Hall–Kier alpha value is -1.55. The van der Waals surface area contributed by atoms with Gasteiger partial charge in [0.1, 0.15) is 0 Å². The first-order chi connectivity index (χ1) is 8.14. The molecule has 0 aromatic heterocycles. The summed E-state index contributed by atoms with van der Waals surface area (Å²) in [6.07, 6.45) is 4.86. The Labute approximate surface area is 105 Å². The first kappa shape index (κ1) is 13.5. The van der Waals surface area contributed by atoms with Gasteiger partial charge in [-0.3, -0.25) is 0 Å². The molecular weight excluding hydrogens is 206 g/mol. The molecule has 0 saturated heterocycles. The molecule has 0 aliphatic rings. The van der Waals surface area contributed by atoms with Crippen molar-refractivity contribution in [3.8, 4) is 6.07 Å². The second-order valence-electron chi connectivity index (χ2n) is 4.84. The molecule has 17 heavy (non-hydrogen) atoms. The summed E-state index contributed by atoms with van der Waals surface area (Å²) in [5, 5.41) is 9.44. The van der Waals surface area contributed by atoms with Crippen molar-refractivity contribution < 1.29 is 0 Å². The normalized spacial score (nSPS) is 15.6. The molecule has 0 radical (unpaired) electrons. The fraction of sp³-hybridized carbons (Fsp3) is 0.438. The second kappa shape index (κ2) is 6.25. The quantitative estimate of drug-likeness (QED) is 0.511. The van der Waals surface area contributed by atoms with Crippen LogP contribution in [0.5, 0.6) is 0 Å². The highest BCUT2D eigenvalue weighted by Gasteiger charge is 2.31. The maximum atomic E-state index is 9.44. The number of benzene rings is 1. The van der Waals surface area contributed by atoms with Crippen molar-refractivity contribution in [2.75, 3.05) is 0 Å². The summed E-state index contributed by atoms with van der Waals surface area (Å²) in [7, 11) is 0. The lowest BCUT2D eigenvalue weighted by Gasteiger charge is -2.29. The number of hydrogen-bond acceptors (Lipinski definition) is 1. The van der Waals surface area contributed by atoms with Crippen molar-refractivity contribution in [1.82, 2.24) is 0 Å². The highest BCUT2D eigenvalue weighted by atomic mass is 14.4. The molecule has 0 aliphatic heterocycles.